The topological polar surface area (TPSA) is 99.1 Å². The summed E-state index contributed by atoms with van der Waals surface area (Å²) < 4.78 is 17.2. The highest BCUT2D eigenvalue weighted by Gasteiger charge is 2.63. The van der Waals surface area contributed by atoms with Crippen molar-refractivity contribution in [2.75, 3.05) is 6.61 Å². The summed E-state index contributed by atoms with van der Waals surface area (Å²) in [5, 5.41) is 11.0. The highest BCUT2D eigenvalue weighted by Crippen LogP contribution is 2.64. The van der Waals surface area contributed by atoms with Gasteiger partial charge in [0.15, 0.2) is 0 Å². The van der Waals surface area contributed by atoms with E-state index < -0.39 is 34.7 Å². The number of hydrogen-bond acceptors (Lipinski definition) is 7. The fourth-order valence-electron chi connectivity index (χ4n) is 6.70. The van der Waals surface area contributed by atoms with Gasteiger partial charge in [-0.05, 0) is 57.3 Å². The monoisotopic (exact) mass is 466 g/mol. The fourth-order valence-corrected chi connectivity index (χ4v) is 6.70. The van der Waals surface area contributed by atoms with Crippen molar-refractivity contribution in [3.8, 4) is 0 Å². The largest absolute Gasteiger partial charge is 0.465 e. The molecule has 0 spiro atoms. The van der Waals surface area contributed by atoms with Gasteiger partial charge in [-0.25, -0.2) is 0 Å². The van der Waals surface area contributed by atoms with E-state index in [4.69, 9.17) is 14.2 Å². The number of hydrogen-bond donors (Lipinski definition) is 1. The van der Waals surface area contributed by atoms with Crippen LogP contribution in [0.15, 0.2) is 12.7 Å². The minimum Gasteiger partial charge on any atom is -0.465 e. The van der Waals surface area contributed by atoms with E-state index in [1.807, 2.05) is 6.92 Å². The molecule has 0 bridgehead atoms. The van der Waals surface area contributed by atoms with Crippen LogP contribution in [0, 0.1) is 22.7 Å². The van der Waals surface area contributed by atoms with Gasteiger partial charge in [-0.3, -0.25) is 14.4 Å². The third-order valence-corrected chi connectivity index (χ3v) is 8.21. The van der Waals surface area contributed by atoms with E-state index in [2.05, 4.69) is 20.4 Å². The van der Waals surface area contributed by atoms with E-state index in [9.17, 15) is 19.5 Å². The first-order valence-electron chi connectivity index (χ1n) is 12.0. The van der Waals surface area contributed by atoms with Crippen LogP contribution in [0.5, 0.6) is 0 Å². The molecule has 2 saturated carbocycles. The van der Waals surface area contributed by atoms with Crippen LogP contribution in [-0.2, 0) is 28.6 Å². The summed E-state index contributed by atoms with van der Waals surface area (Å²) in [6.45, 7) is 16.0. The van der Waals surface area contributed by atoms with Crippen molar-refractivity contribution in [1.82, 2.24) is 0 Å². The average molecular weight is 467 g/mol. The lowest BCUT2D eigenvalue weighted by Gasteiger charge is -2.63. The molecule has 2 fully saturated rings. The second-order valence-corrected chi connectivity index (χ2v) is 11.2. The molecule has 0 aromatic rings. The molecule has 7 nitrogen and oxygen atoms in total. The number of ether oxygens (including phenoxy) is 3. The highest BCUT2D eigenvalue weighted by atomic mass is 16.6. The van der Waals surface area contributed by atoms with Gasteiger partial charge in [0.1, 0.15) is 17.3 Å². The SMILES string of the molecule is C=C[C@@](C)(O)[C@@H](C[C@@H]1[C@@]2(COC(C)=O)CCCC(C)(C)[C@@H]2CC[C@@]1(C)OC(C)=O)OC(C)=O. The van der Waals surface area contributed by atoms with Gasteiger partial charge < -0.3 is 19.3 Å². The molecule has 0 amide bonds. The molecule has 0 saturated heterocycles. The zero-order chi connectivity index (χ0) is 25.2. The Kier molecular flexibility index (Phi) is 8.10. The third kappa shape index (κ3) is 5.79. The summed E-state index contributed by atoms with van der Waals surface area (Å²) in [7, 11) is 0. The predicted molar refractivity (Wildman–Crippen MR) is 124 cm³/mol. The van der Waals surface area contributed by atoms with Gasteiger partial charge in [0.05, 0.1) is 6.61 Å². The first kappa shape index (κ1) is 27.4. The van der Waals surface area contributed by atoms with Gasteiger partial charge in [-0.2, -0.15) is 0 Å². The number of aliphatic hydroxyl groups is 1. The van der Waals surface area contributed by atoms with Gasteiger partial charge >= 0.3 is 17.9 Å². The van der Waals surface area contributed by atoms with Crippen LogP contribution >= 0.6 is 0 Å². The van der Waals surface area contributed by atoms with E-state index in [0.717, 1.165) is 25.7 Å². The summed E-state index contributed by atoms with van der Waals surface area (Å²) in [5.41, 5.74) is -2.86. The van der Waals surface area contributed by atoms with Crippen LogP contribution in [0.4, 0.5) is 0 Å². The molecule has 2 rings (SSSR count). The zero-order valence-corrected chi connectivity index (χ0v) is 21.4. The van der Waals surface area contributed by atoms with Gasteiger partial charge in [0.2, 0.25) is 0 Å². The van der Waals surface area contributed by atoms with Gasteiger partial charge in [-0.15, -0.1) is 6.58 Å². The Morgan fingerprint density at radius 3 is 2.24 bits per heavy atom. The van der Waals surface area contributed by atoms with Crippen molar-refractivity contribution in [3.63, 3.8) is 0 Å². The van der Waals surface area contributed by atoms with Crippen LogP contribution in [-0.4, -0.2) is 46.9 Å². The van der Waals surface area contributed by atoms with E-state index >= 15 is 0 Å². The molecule has 188 valence electrons. The van der Waals surface area contributed by atoms with E-state index in [0.29, 0.717) is 6.42 Å². The summed E-state index contributed by atoms with van der Waals surface area (Å²) >= 11 is 0. The molecule has 1 N–H and O–H groups in total. The maximum Gasteiger partial charge on any atom is 0.303 e. The third-order valence-electron chi connectivity index (χ3n) is 8.21. The zero-order valence-electron chi connectivity index (χ0n) is 21.4. The van der Waals surface area contributed by atoms with E-state index in [-0.39, 0.29) is 36.2 Å². The minimum absolute atomic E-state index is 0.00785. The Hall–Kier alpha value is -1.89. The van der Waals surface area contributed by atoms with Gasteiger partial charge in [-0.1, -0.05) is 26.3 Å². The molecule has 0 radical (unpaired) electrons. The van der Waals surface area contributed by atoms with Crippen molar-refractivity contribution < 1.29 is 33.7 Å². The highest BCUT2D eigenvalue weighted by molar-refractivity contribution is 5.67. The second kappa shape index (κ2) is 9.77. The fraction of sp³-hybridized carbons (Fsp3) is 0.808. The molecule has 7 heteroatoms. The molecular formula is C26H42O7. The molecule has 0 aliphatic heterocycles. The van der Waals surface area contributed by atoms with Crippen molar-refractivity contribution in [3.05, 3.63) is 12.7 Å². The summed E-state index contributed by atoms with van der Waals surface area (Å²) in [4.78, 5) is 36.0. The Morgan fingerprint density at radius 2 is 1.73 bits per heavy atom. The van der Waals surface area contributed by atoms with Crippen molar-refractivity contribution in [2.24, 2.45) is 22.7 Å². The number of fused-ring (bicyclic) bond motifs is 1. The van der Waals surface area contributed by atoms with Crippen LogP contribution in [0.3, 0.4) is 0 Å². The van der Waals surface area contributed by atoms with Crippen LogP contribution in [0.2, 0.25) is 0 Å². The van der Waals surface area contributed by atoms with E-state index in [1.165, 1.54) is 26.8 Å². The molecule has 6 atom stereocenters. The first-order valence-corrected chi connectivity index (χ1v) is 12.0. The predicted octanol–water partition coefficient (Wildman–Crippen LogP) is 4.35. The quantitative estimate of drug-likeness (QED) is 0.322. The minimum atomic E-state index is -1.48. The van der Waals surface area contributed by atoms with Crippen molar-refractivity contribution in [2.45, 2.75) is 104 Å². The number of carbonyl (C=O) groups excluding carboxylic acids is 3. The van der Waals surface area contributed by atoms with Gasteiger partial charge in [0.25, 0.3) is 0 Å². The maximum atomic E-state index is 12.2. The number of esters is 3. The van der Waals surface area contributed by atoms with Crippen molar-refractivity contribution >= 4 is 17.9 Å². The Balaban J connectivity index is 2.67. The van der Waals surface area contributed by atoms with Crippen LogP contribution in [0.25, 0.3) is 0 Å². The molecule has 2 aliphatic carbocycles. The van der Waals surface area contributed by atoms with Crippen LogP contribution in [0.1, 0.15) is 87.0 Å². The van der Waals surface area contributed by atoms with Crippen LogP contribution < -0.4 is 0 Å². The molecule has 0 aromatic carbocycles. The van der Waals surface area contributed by atoms with Gasteiger partial charge in [0, 0.05) is 32.1 Å². The summed E-state index contributed by atoms with van der Waals surface area (Å²) in [6.07, 6.45) is 4.95. The summed E-state index contributed by atoms with van der Waals surface area (Å²) in [6, 6.07) is 0. The molecule has 0 unspecified atom stereocenters. The standard InChI is InChI=1S/C26H42O7/c1-9-24(7,30)22(32-18(3)28)15-21-25(8,33-19(4)29)14-11-20-23(5,6)12-10-13-26(20,21)16-31-17(2)27/h9,20-22,30H,1,10-16H2,2-8H3/t20-,21-,22+,24+,25+,26+/m0/s1. The molecule has 0 aromatic heterocycles. The molecule has 33 heavy (non-hydrogen) atoms. The number of rotatable bonds is 8. The lowest BCUT2D eigenvalue weighted by atomic mass is 9.44. The normalized spacial score (nSPS) is 33.6. The van der Waals surface area contributed by atoms with Crippen molar-refractivity contribution in [1.29, 1.82) is 0 Å². The van der Waals surface area contributed by atoms with E-state index in [1.54, 1.807) is 6.92 Å². The maximum absolute atomic E-state index is 12.2. The molecule has 0 heterocycles. The Morgan fingerprint density at radius 1 is 1.09 bits per heavy atom. The first-order chi connectivity index (χ1) is 15.1. The summed E-state index contributed by atoms with van der Waals surface area (Å²) in [5.74, 6) is -1.37. The molecular weight excluding hydrogens is 424 g/mol. The number of carbonyl (C=O) groups is 3. The lowest BCUT2D eigenvalue weighted by molar-refractivity contribution is -0.226. The smallest absolute Gasteiger partial charge is 0.303 e. The average Bonchev–Trinajstić information content (AvgIpc) is 2.66. The Bertz CT molecular complexity index is 771. The Labute approximate surface area is 198 Å². The second-order valence-electron chi connectivity index (χ2n) is 11.2. The molecule has 2 aliphatic rings. The lowest BCUT2D eigenvalue weighted by Crippen LogP contribution is -2.63.